The molecule has 1 heterocycles. The summed E-state index contributed by atoms with van der Waals surface area (Å²) in [6.07, 6.45) is 0. The fraction of sp³-hybridized carbons (Fsp3) is 0. The lowest BCUT2D eigenvalue weighted by Crippen LogP contribution is -1.61. The topological polar surface area (TPSA) is 41.8 Å². The van der Waals surface area contributed by atoms with Crippen molar-refractivity contribution in [2.45, 2.75) is 0 Å². The lowest BCUT2D eigenvalue weighted by molar-refractivity contribution is 0.511. The van der Waals surface area contributed by atoms with Gasteiger partial charge in [-0.15, -0.1) is 5.10 Å². The Bertz CT molecular complexity index is 203. The minimum absolute atomic E-state index is 0.284. The maximum atomic E-state index is 4.65. The zero-order chi connectivity index (χ0) is 5.28. The van der Waals surface area contributed by atoms with E-state index in [1.165, 1.54) is 0 Å². The maximum absolute atomic E-state index is 4.65. The summed E-state index contributed by atoms with van der Waals surface area (Å²) >= 11 is 7.47. The third-order valence-corrected chi connectivity index (χ3v) is 0.926. The van der Waals surface area contributed by atoms with Gasteiger partial charge < -0.3 is 4.42 Å². The predicted molar refractivity (Wildman–Crippen MR) is 29.4 cm³/mol. The van der Waals surface area contributed by atoms with Crippen LogP contribution in [0.15, 0.2) is 9.22 Å². The van der Waals surface area contributed by atoms with E-state index in [4.69, 9.17) is 0 Å². The first-order valence-corrected chi connectivity index (χ1v) is 2.70. The van der Waals surface area contributed by atoms with Crippen LogP contribution in [0.25, 0.3) is 0 Å². The molecule has 0 unspecified atom stereocenters. The van der Waals surface area contributed by atoms with Gasteiger partial charge >= 0.3 is 0 Å². The van der Waals surface area contributed by atoms with E-state index in [1.807, 2.05) is 0 Å². The van der Waals surface area contributed by atoms with E-state index in [1.54, 1.807) is 0 Å². The number of H-pyrrole nitrogens is 1. The highest BCUT2D eigenvalue weighted by Crippen LogP contribution is 2.01. The van der Waals surface area contributed by atoms with Gasteiger partial charge in [-0.3, -0.25) is 0 Å². The van der Waals surface area contributed by atoms with Gasteiger partial charge in [0.05, 0.1) is 0 Å². The van der Waals surface area contributed by atoms with Crippen molar-refractivity contribution in [1.82, 2.24) is 10.2 Å². The van der Waals surface area contributed by atoms with Gasteiger partial charge in [-0.05, 0) is 12.2 Å². The lowest BCUT2D eigenvalue weighted by atomic mass is 11.5. The highest BCUT2D eigenvalue weighted by molar-refractivity contribution is 9.10. The molecule has 0 saturated carbocycles. The molecule has 1 aromatic heterocycles. The van der Waals surface area contributed by atoms with Crippen LogP contribution in [-0.2, 0) is 0 Å². The molecule has 1 N–H and O–H groups in total. The maximum Gasteiger partial charge on any atom is 0.284 e. The Hall–Kier alpha value is -0.160. The fourth-order valence-electron chi connectivity index (χ4n) is 0.212. The first kappa shape index (κ1) is 4.99. The number of nitrogens with zero attached hydrogens (tertiary/aromatic N) is 1. The second-order valence-electron chi connectivity index (χ2n) is 0.866. The van der Waals surface area contributed by atoms with E-state index in [0.29, 0.717) is 4.80 Å². The van der Waals surface area contributed by atoms with Crippen molar-refractivity contribution in [3.63, 3.8) is 0 Å². The van der Waals surface area contributed by atoms with Crippen LogP contribution in [0.1, 0.15) is 0 Å². The number of hydrogen-bond acceptors (Lipinski definition) is 3. The molecule has 7 heavy (non-hydrogen) atoms. The molecule has 0 aliphatic heterocycles. The number of hydrogen-bond donors (Lipinski definition) is 1. The molecule has 0 atom stereocenters. The highest BCUT2D eigenvalue weighted by Gasteiger charge is 1.86. The van der Waals surface area contributed by atoms with Gasteiger partial charge in [0.2, 0.25) is 0 Å². The monoisotopic (exact) mass is 180 g/mol. The lowest BCUT2D eigenvalue weighted by Gasteiger charge is -1.62. The minimum atomic E-state index is 0.284. The molecule has 0 bridgehead atoms. The van der Waals surface area contributed by atoms with Crippen molar-refractivity contribution in [3.05, 3.63) is 9.64 Å². The zero-order valence-electron chi connectivity index (χ0n) is 3.14. The van der Waals surface area contributed by atoms with Crippen LogP contribution in [-0.4, -0.2) is 10.2 Å². The molecule has 0 aliphatic rings. The van der Waals surface area contributed by atoms with Crippen LogP contribution in [0.2, 0.25) is 0 Å². The van der Waals surface area contributed by atoms with Gasteiger partial charge in [-0.25, -0.2) is 5.10 Å². The van der Waals surface area contributed by atoms with Crippen LogP contribution in [0, 0.1) is 4.84 Å². The summed E-state index contributed by atoms with van der Waals surface area (Å²) in [5.74, 6) is 0. The smallest absolute Gasteiger partial charge is 0.284 e. The molecule has 1 aromatic rings. The second-order valence-corrected chi connectivity index (χ2v) is 1.92. The normalized spacial score (nSPS) is 9.29. The molecule has 0 aliphatic carbocycles. The van der Waals surface area contributed by atoms with E-state index in [2.05, 4.69) is 42.8 Å². The van der Waals surface area contributed by atoms with Gasteiger partial charge in [-0.2, -0.15) is 0 Å². The van der Waals surface area contributed by atoms with Crippen molar-refractivity contribution >= 4 is 28.1 Å². The van der Waals surface area contributed by atoms with Crippen LogP contribution < -0.4 is 0 Å². The van der Waals surface area contributed by atoms with Gasteiger partial charge in [0.1, 0.15) is 0 Å². The van der Waals surface area contributed by atoms with Gasteiger partial charge in [0.15, 0.2) is 0 Å². The van der Waals surface area contributed by atoms with Crippen LogP contribution in [0.3, 0.4) is 0 Å². The predicted octanol–water partition coefficient (Wildman–Crippen LogP) is 1.49. The quantitative estimate of drug-likeness (QED) is 0.616. The molecule has 5 heteroatoms. The second kappa shape index (κ2) is 1.75. The van der Waals surface area contributed by atoms with Crippen LogP contribution in [0.5, 0.6) is 0 Å². The first-order chi connectivity index (χ1) is 3.29. The van der Waals surface area contributed by atoms with Gasteiger partial charge in [-0.1, -0.05) is 0 Å². The number of rotatable bonds is 0. The Labute approximate surface area is 52.9 Å². The van der Waals surface area contributed by atoms with E-state index < -0.39 is 0 Å². The molecule has 0 saturated heterocycles. The van der Waals surface area contributed by atoms with Gasteiger partial charge in [0, 0.05) is 15.9 Å². The summed E-state index contributed by atoms with van der Waals surface area (Å²) in [5, 5.41) is 5.96. The molecule has 38 valence electrons. The molecule has 0 fully saturated rings. The van der Waals surface area contributed by atoms with Crippen molar-refractivity contribution in [1.29, 1.82) is 0 Å². The number of aromatic amines is 1. The summed E-state index contributed by atoms with van der Waals surface area (Å²) < 4.78 is 4.65. The average Bonchev–Trinajstić information content (AvgIpc) is 1.87. The summed E-state index contributed by atoms with van der Waals surface area (Å²) in [7, 11) is 0. The van der Waals surface area contributed by atoms with E-state index in [-0.39, 0.29) is 4.84 Å². The van der Waals surface area contributed by atoms with Crippen LogP contribution >= 0.6 is 28.1 Å². The zero-order valence-corrected chi connectivity index (χ0v) is 5.54. The van der Waals surface area contributed by atoms with Crippen molar-refractivity contribution in [3.8, 4) is 0 Å². The largest absolute Gasteiger partial charge is 0.404 e. The molecule has 1 rings (SSSR count). The number of aromatic nitrogens is 2. The van der Waals surface area contributed by atoms with Crippen molar-refractivity contribution in [2.75, 3.05) is 0 Å². The van der Waals surface area contributed by atoms with E-state index in [9.17, 15) is 0 Å². The summed E-state index contributed by atoms with van der Waals surface area (Å²) in [4.78, 5) is 0.671. The number of nitrogens with one attached hydrogen (secondary N) is 1. The Morgan fingerprint density at radius 1 is 1.86 bits per heavy atom. The highest BCUT2D eigenvalue weighted by atomic mass is 79.9. The molecule has 0 spiro atoms. The Morgan fingerprint density at radius 3 is 2.71 bits per heavy atom. The summed E-state index contributed by atoms with van der Waals surface area (Å²) in [5.41, 5.74) is 0. The number of halogens is 1. The first-order valence-electron chi connectivity index (χ1n) is 1.50. The molecular formula is C2HBrN2OS. The third-order valence-electron chi connectivity index (χ3n) is 0.412. The molecule has 0 radical (unpaired) electrons. The van der Waals surface area contributed by atoms with E-state index >= 15 is 0 Å². The standard InChI is InChI=1S/C2HBrN2OS/c3-1-4-5-2(7)6-1/h(H,5,7). The molecule has 0 aromatic carbocycles. The molecular weight excluding hydrogens is 180 g/mol. The van der Waals surface area contributed by atoms with Crippen molar-refractivity contribution in [2.24, 2.45) is 0 Å². The average molecular weight is 181 g/mol. The molecule has 3 nitrogen and oxygen atoms in total. The van der Waals surface area contributed by atoms with E-state index in [0.717, 1.165) is 0 Å². The summed E-state index contributed by atoms with van der Waals surface area (Å²) in [6.45, 7) is 0. The SMILES string of the molecule is S=c1[nH]nc(Br)o1. The molecule has 0 amide bonds. The summed E-state index contributed by atoms with van der Waals surface area (Å²) in [6, 6.07) is 0. The van der Waals surface area contributed by atoms with Gasteiger partial charge in [0.25, 0.3) is 9.64 Å². The Kier molecular flexibility index (Phi) is 1.25. The van der Waals surface area contributed by atoms with Crippen molar-refractivity contribution < 1.29 is 4.42 Å². The third kappa shape index (κ3) is 1.10. The van der Waals surface area contributed by atoms with Crippen LogP contribution in [0.4, 0.5) is 0 Å². The Morgan fingerprint density at radius 2 is 2.57 bits per heavy atom. The Balaban J connectivity index is 3.30. The minimum Gasteiger partial charge on any atom is -0.404 e. The fourth-order valence-corrected chi connectivity index (χ4v) is 0.694.